The van der Waals surface area contributed by atoms with Gasteiger partial charge in [0, 0.05) is 25.6 Å². The summed E-state index contributed by atoms with van der Waals surface area (Å²) in [5, 5.41) is 7.99. The molecule has 10 nitrogen and oxygen atoms in total. The number of alkyl carbamates (subject to hydrolysis) is 1. The highest BCUT2D eigenvalue weighted by molar-refractivity contribution is 5.91. The highest BCUT2D eigenvalue weighted by Gasteiger charge is 2.35. The number of nitrogens with zero attached hydrogens (tertiary/aromatic N) is 3. The summed E-state index contributed by atoms with van der Waals surface area (Å²) in [6, 6.07) is -0.310. The molecule has 1 aliphatic rings. The van der Waals surface area contributed by atoms with Gasteiger partial charge >= 0.3 is 6.09 Å². The molecule has 0 aromatic heterocycles. The lowest BCUT2D eigenvalue weighted by Gasteiger charge is -2.40. The molecule has 1 unspecified atom stereocenters. The van der Waals surface area contributed by atoms with Crippen molar-refractivity contribution in [2.24, 2.45) is 10.9 Å². The third kappa shape index (κ3) is 8.24. The van der Waals surface area contributed by atoms with Gasteiger partial charge in [-0.3, -0.25) is 14.5 Å². The van der Waals surface area contributed by atoms with Gasteiger partial charge < -0.3 is 20.6 Å². The van der Waals surface area contributed by atoms with Crippen molar-refractivity contribution in [1.82, 2.24) is 15.3 Å². The smallest absolute Gasteiger partial charge is 0.407 e. The summed E-state index contributed by atoms with van der Waals surface area (Å²) in [4.78, 5) is 35.9. The van der Waals surface area contributed by atoms with Gasteiger partial charge in [-0.1, -0.05) is 11.2 Å². The van der Waals surface area contributed by atoms with Crippen molar-refractivity contribution in [3.05, 3.63) is 12.7 Å². The van der Waals surface area contributed by atoms with Crippen LogP contribution in [0, 0.1) is 0 Å². The summed E-state index contributed by atoms with van der Waals surface area (Å²) in [6.45, 7) is 10.5. The average Bonchev–Trinajstić information content (AvgIpc) is 2.61. The van der Waals surface area contributed by atoms with Crippen LogP contribution in [0.2, 0.25) is 0 Å². The molecule has 0 aliphatic carbocycles. The van der Waals surface area contributed by atoms with Crippen LogP contribution in [0.5, 0.6) is 0 Å². The van der Waals surface area contributed by atoms with E-state index in [0.29, 0.717) is 31.6 Å². The number of nitrogens with one attached hydrogen (secondary N) is 1. The summed E-state index contributed by atoms with van der Waals surface area (Å²) in [6.07, 6.45) is 2.19. The summed E-state index contributed by atoms with van der Waals surface area (Å²) in [7, 11) is 1.93. The molecule has 1 heterocycles. The van der Waals surface area contributed by atoms with Crippen LogP contribution in [0.15, 0.2) is 17.8 Å². The van der Waals surface area contributed by atoms with Crippen molar-refractivity contribution in [1.29, 1.82) is 0 Å². The third-order valence-corrected chi connectivity index (χ3v) is 3.98. The van der Waals surface area contributed by atoms with Crippen molar-refractivity contribution in [2.75, 3.05) is 39.9 Å². The number of carbonyl (C=O) groups is 2. The number of rotatable bonds is 10. The Morgan fingerprint density at radius 1 is 1.50 bits per heavy atom. The van der Waals surface area contributed by atoms with Gasteiger partial charge in [-0.05, 0) is 27.8 Å². The Labute approximate surface area is 166 Å². The molecule has 0 saturated carbocycles. The van der Waals surface area contributed by atoms with Crippen molar-refractivity contribution < 1.29 is 24.0 Å². The van der Waals surface area contributed by atoms with Gasteiger partial charge in [0.05, 0.1) is 18.9 Å². The standard InChI is InChI=1S/C18H33N5O5/c1-6-8-27-23(13-24)16-12-22(5)14(11-19)10-15(16)21-26-9-7-20-17(25)28-18(2,3)4/h6,13-14,16H,1,7-12,19H2,2-5H3,(H,20,25)/b21-15-/t14-,16?/m0/s1. The maximum Gasteiger partial charge on any atom is 0.407 e. The van der Waals surface area contributed by atoms with E-state index < -0.39 is 17.7 Å². The van der Waals surface area contributed by atoms with Crippen molar-refractivity contribution in [2.45, 2.75) is 44.9 Å². The Morgan fingerprint density at radius 3 is 2.79 bits per heavy atom. The molecule has 10 heteroatoms. The van der Waals surface area contributed by atoms with Gasteiger partial charge in [0.25, 0.3) is 0 Å². The van der Waals surface area contributed by atoms with Crippen molar-refractivity contribution >= 4 is 18.2 Å². The van der Waals surface area contributed by atoms with E-state index in [1.807, 2.05) is 7.05 Å². The Balaban J connectivity index is 2.65. The first kappa shape index (κ1) is 23.9. The van der Waals surface area contributed by atoms with E-state index in [0.717, 1.165) is 0 Å². The summed E-state index contributed by atoms with van der Waals surface area (Å²) in [5.41, 5.74) is 5.92. The first-order chi connectivity index (χ1) is 13.2. The quantitative estimate of drug-likeness (QED) is 0.237. The van der Waals surface area contributed by atoms with Gasteiger partial charge in [-0.2, -0.15) is 0 Å². The molecule has 0 bridgehead atoms. The molecule has 1 aliphatic heterocycles. The number of likely N-dealkylation sites (N-methyl/N-ethyl adjacent to an activating group) is 1. The first-order valence-electron chi connectivity index (χ1n) is 9.25. The number of hydroxylamine groups is 2. The van der Waals surface area contributed by atoms with Crippen molar-refractivity contribution in [3.8, 4) is 0 Å². The molecule has 1 rings (SSSR count). The molecule has 2 amide bonds. The van der Waals surface area contributed by atoms with Crippen LogP contribution in [0.25, 0.3) is 0 Å². The molecule has 1 fully saturated rings. The van der Waals surface area contributed by atoms with Crippen molar-refractivity contribution in [3.63, 3.8) is 0 Å². The van der Waals surface area contributed by atoms with Crippen LogP contribution >= 0.6 is 0 Å². The predicted octanol–water partition coefficient (Wildman–Crippen LogP) is 0.491. The minimum absolute atomic E-state index is 0.0893. The highest BCUT2D eigenvalue weighted by Crippen LogP contribution is 2.18. The second-order valence-corrected chi connectivity index (χ2v) is 7.44. The number of hydrogen-bond donors (Lipinski definition) is 2. The number of hydrogen-bond acceptors (Lipinski definition) is 8. The van der Waals surface area contributed by atoms with Gasteiger partial charge in [-0.25, -0.2) is 9.86 Å². The first-order valence-corrected chi connectivity index (χ1v) is 9.25. The van der Waals surface area contributed by atoms with Gasteiger partial charge in [0.1, 0.15) is 18.2 Å². The lowest BCUT2D eigenvalue weighted by molar-refractivity contribution is -0.176. The number of likely N-dealkylation sites (tertiary alicyclic amines) is 1. The molecule has 0 aromatic carbocycles. The number of amides is 2. The maximum absolute atomic E-state index is 11.6. The molecule has 0 radical (unpaired) electrons. The zero-order chi connectivity index (χ0) is 21.2. The zero-order valence-electron chi connectivity index (χ0n) is 17.2. The topological polar surface area (TPSA) is 119 Å². The molecule has 28 heavy (non-hydrogen) atoms. The zero-order valence-corrected chi connectivity index (χ0v) is 17.2. The number of piperidine rings is 1. The molecular formula is C18H33N5O5. The van der Waals surface area contributed by atoms with Crippen LogP contribution < -0.4 is 11.1 Å². The molecule has 3 N–H and O–H groups in total. The fourth-order valence-electron chi connectivity index (χ4n) is 2.62. The van der Waals surface area contributed by atoms with Crippen LogP contribution in [-0.4, -0.2) is 85.8 Å². The number of nitrogens with two attached hydrogens (primary N) is 1. The lowest BCUT2D eigenvalue weighted by atomic mass is 9.96. The van der Waals surface area contributed by atoms with Gasteiger partial charge in [0.2, 0.25) is 6.41 Å². The summed E-state index contributed by atoms with van der Waals surface area (Å²) in [5.74, 6) is 0. The molecule has 1 saturated heterocycles. The third-order valence-electron chi connectivity index (χ3n) is 3.98. The molecule has 0 aromatic rings. The van der Waals surface area contributed by atoms with Gasteiger partial charge in [-0.15, -0.1) is 6.58 Å². The van der Waals surface area contributed by atoms with E-state index >= 15 is 0 Å². The SMILES string of the molecule is C=CCON(C=O)C1CN(C)[C@H](CN)C/C1=N/OCCNC(=O)OC(C)(C)C. The predicted molar refractivity (Wildman–Crippen MR) is 106 cm³/mol. The van der Waals surface area contributed by atoms with E-state index in [4.69, 9.17) is 20.1 Å². The summed E-state index contributed by atoms with van der Waals surface area (Å²) >= 11 is 0. The Kier molecular flexibility index (Phi) is 9.91. The van der Waals surface area contributed by atoms with Crippen LogP contribution in [0.4, 0.5) is 4.79 Å². The Morgan fingerprint density at radius 2 is 2.21 bits per heavy atom. The van der Waals surface area contributed by atoms with Crippen LogP contribution in [-0.2, 0) is 19.2 Å². The molecule has 2 atom stereocenters. The molecular weight excluding hydrogens is 366 g/mol. The largest absolute Gasteiger partial charge is 0.444 e. The average molecular weight is 399 g/mol. The van der Waals surface area contributed by atoms with E-state index in [9.17, 15) is 9.59 Å². The summed E-state index contributed by atoms with van der Waals surface area (Å²) < 4.78 is 5.14. The molecule has 160 valence electrons. The second kappa shape index (κ2) is 11.6. The maximum atomic E-state index is 11.6. The number of ether oxygens (including phenoxy) is 1. The normalized spacial score (nSPS) is 21.8. The second-order valence-electron chi connectivity index (χ2n) is 7.44. The fraction of sp³-hybridized carbons (Fsp3) is 0.722. The van der Waals surface area contributed by atoms with Crippen LogP contribution in [0.1, 0.15) is 27.2 Å². The van der Waals surface area contributed by atoms with E-state index in [2.05, 4.69) is 22.0 Å². The number of oxime groups is 1. The Hall–Kier alpha value is -2.17. The lowest BCUT2D eigenvalue weighted by Crippen LogP contribution is -2.57. The van der Waals surface area contributed by atoms with E-state index in [1.165, 1.54) is 5.06 Å². The fourth-order valence-corrected chi connectivity index (χ4v) is 2.62. The minimum Gasteiger partial charge on any atom is -0.444 e. The van der Waals surface area contributed by atoms with Crippen LogP contribution in [0.3, 0.4) is 0 Å². The van der Waals surface area contributed by atoms with E-state index in [-0.39, 0.29) is 25.8 Å². The van der Waals surface area contributed by atoms with Gasteiger partial charge in [0.15, 0.2) is 0 Å². The minimum atomic E-state index is -0.562. The number of carbonyl (C=O) groups excluding carboxylic acids is 2. The van der Waals surface area contributed by atoms with E-state index in [1.54, 1.807) is 26.8 Å². The monoisotopic (exact) mass is 399 g/mol. The molecule has 0 spiro atoms. The Bertz CT molecular complexity index is 549. The highest BCUT2D eigenvalue weighted by atomic mass is 16.7.